The third-order valence-electron chi connectivity index (χ3n) is 4.88. The van der Waals surface area contributed by atoms with Crippen LogP contribution in [0, 0.1) is 5.92 Å². The molecule has 0 bridgehead atoms. The maximum Gasteiger partial charge on any atom is 0.194 e. The molecule has 1 fully saturated rings. The quantitative estimate of drug-likeness (QED) is 0.684. The number of benzene rings is 1. The Hall–Kier alpha value is -2.36. The van der Waals surface area contributed by atoms with Crippen LogP contribution in [0.5, 0.6) is 0 Å². The zero-order valence-electron chi connectivity index (χ0n) is 15.2. The maximum absolute atomic E-state index is 4.81. The van der Waals surface area contributed by atoms with Crippen LogP contribution in [0.1, 0.15) is 37.4 Å². The molecule has 1 aliphatic rings. The van der Waals surface area contributed by atoms with Crippen LogP contribution in [-0.2, 0) is 6.54 Å². The molecule has 1 aliphatic heterocycles. The fourth-order valence-electron chi connectivity index (χ4n) is 3.61. The largest absolute Gasteiger partial charge is 0.357 e. The van der Waals surface area contributed by atoms with Gasteiger partial charge in [-0.2, -0.15) is 0 Å². The second-order valence-electron chi connectivity index (χ2n) is 6.72. The van der Waals surface area contributed by atoms with Gasteiger partial charge in [-0.25, -0.2) is 4.99 Å². The maximum atomic E-state index is 4.81. The van der Waals surface area contributed by atoms with Gasteiger partial charge in [0.2, 0.25) is 0 Å². The Morgan fingerprint density at radius 2 is 2.00 bits per heavy atom. The predicted octanol–water partition coefficient (Wildman–Crippen LogP) is 3.67. The molecule has 0 amide bonds. The Morgan fingerprint density at radius 3 is 2.68 bits per heavy atom. The standard InChI is InChI=1S/C21H28N4/c1-3-22-21(24-15-19-11-7-8-13-23-19)25-14-12-20(17(2)16-25)18-9-5-4-6-10-18/h4-11,13,17,20H,3,12,14-16H2,1-2H3,(H,22,24). The zero-order valence-corrected chi connectivity index (χ0v) is 15.2. The number of aliphatic imine (C=N–C) groups is 1. The molecular formula is C21H28N4. The number of aromatic nitrogens is 1. The van der Waals surface area contributed by atoms with Crippen LogP contribution in [0.4, 0.5) is 0 Å². The highest BCUT2D eigenvalue weighted by atomic mass is 15.3. The minimum absolute atomic E-state index is 0.606. The molecule has 2 heterocycles. The van der Waals surface area contributed by atoms with Gasteiger partial charge in [0.25, 0.3) is 0 Å². The second kappa shape index (κ2) is 8.65. The zero-order chi connectivity index (χ0) is 17.5. The second-order valence-corrected chi connectivity index (χ2v) is 6.72. The van der Waals surface area contributed by atoms with E-state index in [4.69, 9.17) is 4.99 Å². The highest BCUT2D eigenvalue weighted by Crippen LogP contribution is 2.32. The third kappa shape index (κ3) is 4.59. The fraction of sp³-hybridized carbons (Fsp3) is 0.429. The minimum Gasteiger partial charge on any atom is -0.357 e. The summed E-state index contributed by atoms with van der Waals surface area (Å²) in [5.74, 6) is 2.25. The number of guanidine groups is 1. The monoisotopic (exact) mass is 336 g/mol. The van der Waals surface area contributed by atoms with Gasteiger partial charge in [-0.05, 0) is 42.9 Å². The van der Waals surface area contributed by atoms with E-state index in [0.717, 1.165) is 31.3 Å². The summed E-state index contributed by atoms with van der Waals surface area (Å²) < 4.78 is 0. The third-order valence-corrected chi connectivity index (χ3v) is 4.88. The SMILES string of the molecule is CCNC(=NCc1ccccn1)N1CCC(c2ccccc2)C(C)C1. The van der Waals surface area contributed by atoms with Crippen molar-refractivity contribution >= 4 is 5.96 Å². The molecule has 4 heteroatoms. The summed E-state index contributed by atoms with van der Waals surface area (Å²) in [6.07, 6.45) is 2.99. The van der Waals surface area contributed by atoms with Crippen molar-refractivity contribution in [1.82, 2.24) is 15.2 Å². The van der Waals surface area contributed by atoms with Crippen molar-refractivity contribution in [3.8, 4) is 0 Å². The summed E-state index contributed by atoms with van der Waals surface area (Å²) >= 11 is 0. The molecule has 2 unspecified atom stereocenters. The van der Waals surface area contributed by atoms with E-state index in [-0.39, 0.29) is 0 Å². The molecule has 1 aromatic carbocycles. The Bertz CT molecular complexity index is 669. The number of piperidine rings is 1. The van der Waals surface area contributed by atoms with Crippen LogP contribution >= 0.6 is 0 Å². The van der Waals surface area contributed by atoms with Crippen LogP contribution in [-0.4, -0.2) is 35.5 Å². The van der Waals surface area contributed by atoms with Crippen molar-refractivity contribution in [2.75, 3.05) is 19.6 Å². The lowest BCUT2D eigenvalue weighted by Gasteiger charge is -2.39. The first-order valence-corrected chi connectivity index (χ1v) is 9.26. The van der Waals surface area contributed by atoms with E-state index in [0.29, 0.717) is 18.4 Å². The first kappa shape index (κ1) is 17.5. The molecule has 132 valence electrons. The van der Waals surface area contributed by atoms with Gasteiger partial charge in [0, 0.05) is 25.8 Å². The number of nitrogens with zero attached hydrogens (tertiary/aromatic N) is 3. The van der Waals surface area contributed by atoms with Gasteiger partial charge in [0.15, 0.2) is 5.96 Å². The van der Waals surface area contributed by atoms with Crippen LogP contribution in [0.15, 0.2) is 59.7 Å². The van der Waals surface area contributed by atoms with Crippen LogP contribution in [0.3, 0.4) is 0 Å². The van der Waals surface area contributed by atoms with E-state index < -0.39 is 0 Å². The molecule has 0 radical (unpaired) electrons. The molecule has 4 nitrogen and oxygen atoms in total. The van der Waals surface area contributed by atoms with Crippen molar-refractivity contribution in [3.05, 3.63) is 66.0 Å². The number of rotatable bonds is 4. The lowest BCUT2D eigenvalue weighted by molar-refractivity contribution is 0.234. The van der Waals surface area contributed by atoms with Gasteiger partial charge in [0.1, 0.15) is 0 Å². The molecule has 1 N–H and O–H groups in total. The first-order valence-electron chi connectivity index (χ1n) is 9.26. The lowest BCUT2D eigenvalue weighted by atomic mass is 9.82. The van der Waals surface area contributed by atoms with Crippen LogP contribution in [0.25, 0.3) is 0 Å². The number of nitrogens with one attached hydrogen (secondary N) is 1. The van der Waals surface area contributed by atoms with Crippen LogP contribution in [0.2, 0.25) is 0 Å². The highest BCUT2D eigenvalue weighted by molar-refractivity contribution is 5.80. The normalized spacial score (nSPS) is 21.2. The molecule has 0 spiro atoms. The highest BCUT2D eigenvalue weighted by Gasteiger charge is 2.28. The minimum atomic E-state index is 0.606. The van der Waals surface area contributed by atoms with Gasteiger partial charge in [-0.3, -0.25) is 4.98 Å². The van der Waals surface area contributed by atoms with E-state index in [9.17, 15) is 0 Å². The van der Waals surface area contributed by atoms with Gasteiger partial charge >= 0.3 is 0 Å². The van der Waals surface area contributed by atoms with Crippen LogP contribution < -0.4 is 5.32 Å². The Morgan fingerprint density at radius 1 is 1.20 bits per heavy atom. The van der Waals surface area contributed by atoms with Gasteiger partial charge in [0.05, 0.1) is 12.2 Å². The molecule has 1 saturated heterocycles. The van der Waals surface area contributed by atoms with Gasteiger partial charge < -0.3 is 10.2 Å². The number of likely N-dealkylation sites (tertiary alicyclic amines) is 1. The Kier molecular flexibility index (Phi) is 6.04. The number of pyridine rings is 1. The topological polar surface area (TPSA) is 40.5 Å². The van der Waals surface area contributed by atoms with Crippen molar-refractivity contribution in [1.29, 1.82) is 0 Å². The molecule has 3 rings (SSSR count). The average molecular weight is 336 g/mol. The fourth-order valence-corrected chi connectivity index (χ4v) is 3.61. The molecule has 0 saturated carbocycles. The van der Waals surface area contributed by atoms with E-state index in [1.165, 1.54) is 12.0 Å². The summed E-state index contributed by atoms with van der Waals surface area (Å²) in [5, 5.41) is 3.45. The number of hydrogen-bond donors (Lipinski definition) is 1. The van der Waals surface area contributed by atoms with E-state index in [1.807, 2.05) is 24.4 Å². The lowest BCUT2D eigenvalue weighted by Crippen LogP contribution is -2.48. The van der Waals surface area contributed by atoms with E-state index >= 15 is 0 Å². The Balaban J connectivity index is 1.67. The van der Waals surface area contributed by atoms with Crippen molar-refractivity contribution in [2.24, 2.45) is 10.9 Å². The van der Waals surface area contributed by atoms with E-state index in [1.54, 1.807) is 0 Å². The van der Waals surface area contributed by atoms with Crippen molar-refractivity contribution in [2.45, 2.75) is 32.7 Å². The van der Waals surface area contributed by atoms with E-state index in [2.05, 4.69) is 59.4 Å². The summed E-state index contributed by atoms with van der Waals surface area (Å²) in [4.78, 5) is 11.6. The Labute approximate surface area is 151 Å². The van der Waals surface area contributed by atoms with Crippen molar-refractivity contribution in [3.63, 3.8) is 0 Å². The summed E-state index contributed by atoms with van der Waals surface area (Å²) in [7, 11) is 0. The molecule has 25 heavy (non-hydrogen) atoms. The molecule has 2 atom stereocenters. The summed E-state index contributed by atoms with van der Waals surface area (Å²) in [6.45, 7) is 8.05. The summed E-state index contributed by atoms with van der Waals surface area (Å²) in [5.41, 5.74) is 2.47. The van der Waals surface area contributed by atoms with Gasteiger partial charge in [-0.15, -0.1) is 0 Å². The smallest absolute Gasteiger partial charge is 0.194 e. The molecule has 1 aromatic heterocycles. The summed E-state index contributed by atoms with van der Waals surface area (Å²) in [6, 6.07) is 16.9. The predicted molar refractivity (Wildman–Crippen MR) is 104 cm³/mol. The molecule has 0 aliphatic carbocycles. The first-order chi connectivity index (χ1) is 12.3. The van der Waals surface area contributed by atoms with Gasteiger partial charge in [-0.1, -0.05) is 43.3 Å². The molecular weight excluding hydrogens is 308 g/mol. The average Bonchev–Trinajstić information content (AvgIpc) is 2.66. The van der Waals surface area contributed by atoms with Crippen molar-refractivity contribution < 1.29 is 0 Å². The molecule has 2 aromatic rings. The number of hydrogen-bond acceptors (Lipinski definition) is 2.